The molecule has 2 unspecified atom stereocenters. The number of anilines is 2. The fourth-order valence-electron chi connectivity index (χ4n) is 3.43. The van der Waals surface area contributed by atoms with Crippen molar-refractivity contribution < 1.29 is 0 Å². The molecular weight excluding hydrogens is 248 g/mol. The quantitative estimate of drug-likeness (QED) is 0.894. The summed E-state index contributed by atoms with van der Waals surface area (Å²) in [6.45, 7) is 4.58. The standard InChI is InChI=1S/C16H28N4/c1-5-8-13-15(17-3)18-11-19-16(13)20(4)14-10-7-6-9-12(14)2/h11-12,14H,5-10H2,1-4H3,(H,17,18,19). The van der Waals surface area contributed by atoms with Crippen LogP contribution < -0.4 is 10.2 Å². The molecule has 1 heterocycles. The van der Waals surface area contributed by atoms with Crippen LogP contribution in [-0.4, -0.2) is 30.1 Å². The summed E-state index contributed by atoms with van der Waals surface area (Å²) in [5.74, 6) is 2.84. The highest BCUT2D eigenvalue weighted by atomic mass is 15.2. The summed E-state index contributed by atoms with van der Waals surface area (Å²) in [6, 6.07) is 0.610. The van der Waals surface area contributed by atoms with E-state index in [9.17, 15) is 0 Å². The first-order chi connectivity index (χ1) is 9.69. The van der Waals surface area contributed by atoms with Gasteiger partial charge in [0.25, 0.3) is 0 Å². The van der Waals surface area contributed by atoms with Gasteiger partial charge in [0.05, 0.1) is 0 Å². The summed E-state index contributed by atoms with van der Waals surface area (Å²) in [6.07, 6.45) is 9.15. The average molecular weight is 276 g/mol. The number of nitrogens with zero attached hydrogens (tertiary/aromatic N) is 3. The minimum Gasteiger partial charge on any atom is -0.373 e. The van der Waals surface area contributed by atoms with Crippen LogP contribution in [-0.2, 0) is 6.42 Å². The first-order valence-electron chi connectivity index (χ1n) is 7.93. The van der Waals surface area contributed by atoms with Gasteiger partial charge in [-0.2, -0.15) is 0 Å². The Labute approximate surface area is 123 Å². The maximum atomic E-state index is 4.59. The molecule has 1 aliphatic carbocycles. The topological polar surface area (TPSA) is 41.1 Å². The molecule has 20 heavy (non-hydrogen) atoms. The molecule has 0 aliphatic heterocycles. The van der Waals surface area contributed by atoms with Crippen molar-refractivity contribution in [3.05, 3.63) is 11.9 Å². The Morgan fingerprint density at radius 2 is 2.05 bits per heavy atom. The van der Waals surface area contributed by atoms with Gasteiger partial charge >= 0.3 is 0 Å². The number of aromatic nitrogens is 2. The lowest BCUT2D eigenvalue weighted by molar-refractivity contribution is 0.320. The van der Waals surface area contributed by atoms with Crippen LogP contribution in [0.5, 0.6) is 0 Å². The summed E-state index contributed by atoms with van der Waals surface area (Å²) in [4.78, 5) is 11.4. The normalized spacial score (nSPS) is 22.6. The highest BCUT2D eigenvalue weighted by Crippen LogP contribution is 2.32. The number of rotatable bonds is 5. The highest BCUT2D eigenvalue weighted by molar-refractivity contribution is 5.58. The maximum Gasteiger partial charge on any atom is 0.137 e. The fourth-order valence-corrected chi connectivity index (χ4v) is 3.43. The molecule has 0 amide bonds. The summed E-state index contributed by atoms with van der Waals surface area (Å²) < 4.78 is 0. The van der Waals surface area contributed by atoms with Gasteiger partial charge in [-0.1, -0.05) is 33.1 Å². The van der Waals surface area contributed by atoms with E-state index in [4.69, 9.17) is 0 Å². The van der Waals surface area contributed by atoms with Crippen LogP contribution in [0.3, 0.4) is 0 Å². The third-order valence-corrected chi connectivity index (χ3v) is 4.56. The van der Waals surface area contributed by atoms with Crippen LogP contribution in [0.1, 0.15) is 51.5 Å². The molecule has 1 aromatic heterocycles. The van der Waals surface area contributed by atoms with E-state index < -0.39 is 0 Å². The van der Waals surface area contributed by atoms with Crippen molar-refractivity contribution in [2.45, 2.75) is 58.4 Å². The van der Waals surface area contributed by atoms with E-state index in [-0.39, 0.29) is 0 Å². The molecule has 0 aromatic carbocycles. The van der Waals surface area contributed by atoms with Crippen LogP contribution >= 0.6 is 0 Å². The second kappa shape index (κ2) is 6.91. The lowest BCUT2D eigenvalue weighted by Gasteiger charge is -2.37. The summed E-state index contributed by atoms with van der Waals surface area (Å²) in [5.41, 5.74) is 1.26. The maximum absolute atomic E-state index is 4.59. The van der Waals surface area contributed by atoms with Crippen molar-refractivity contribution in [2.75, 3.05) is 24.3 Å². The van der Waals surface area contributed by atoms with Gasteiger partial charge < -0.3 is 10.2 Å². The van der Waals surface area contributed by atoms with Crippen molar-refractivity contribution in [3.63, 3.8) is 0 Å². The van der Waals surface area contributed by atoms with Crippen molar-refractivity contribution in [1.29, 1.82) is 0 Å². The van der Waals surface area contributed by atoms with Gasteiger partial charge in [-0.15, -0.1) is 0 Å². The molecule has 1 fully saturated rings. The number of hydrogen-bond acceptors (Lipinski definition) is 4. The molecule has 112 valence electrons. The summed E-state index contributed by atoms with van der Waals surface area (Å²) in [5, 5.41) is 3.21. The molecule has 2 rings (SSSR count). The van der Waals surface area contributed by atoms with Crippen LogP contribution in [0, 0.1) is 5.92 Å². The molecule has 0 radical (unpaired) electrons. The van der Waals surface area contributed by atoms with E-state index >= 15 is 0 Å². The molecule has 4 heteroatoms. The largest absolute Gasteiger partial charge is 0.373 e. The summed E-state index contributed by atoms with van der Waals surface area (Å²) >= 11 is 0. The van der Waals surface area contributed by atoms with Crippen molar-refractivity contribution >= 4 is 11.6 Å². The first kappa shape index (κ1) is 15.1. The number of nitrogens with one attached hydrogen (secondary N) is 1. The SMILES string of the molecule is CCCc1c(NC)ncnc1N(C)C1CCCCC1C. The van der Waals surface area contributed by atoms with E-state index in [1.807, 2.05) is 7.05 Å². The monoisotopic (exact) mass is 276 g/mol. The van der Waals surface area contributed by atoms with Gasteiger partial charge in [0.2, 0.25) is 0 Å². The Bertz CT molecular complexity index is 432. The predicted octanol–water partition coefficient (Wildman–Crippen LogP) is 3.49. The van der Waals surface area contributed by atoms with Crippen molar-refractivity contribution in [1.82, 2.24) is 9.97 Å². The van der Waals surface area contributed by atoms with E-state index in [0.29, 0.717) is 6.04 Å². The fraction of sp³-hybridized carbons (Fsp3) is 0.750. The van der Waals surface area contributed by atoms with Crippen molar-refractivity contribution in [3.8, 4) is 0 Å². The zero-order valence-electron chi connectivity index (χ0n) is 13.3. The van der Waals surface area contributed by atoms with Gasteiger partial charge in [-0.05, 0) is 25.2 Å². The van der Waals surface area contributed by atoms with E-state index in [1.54, 1.807) is 6.33 Å². The predicted molar refractivity (Wildman–Crippen MR) is 85.4 cm³/mol. The third-order valence-electron chi connectivity index (χ3n) is 4.56. The van der Waals surface area contributed by atoms with E-state index in [0.717, 1.165) is 30.4 Å². The van der Waals surface area contributed by atoms with Crippen molar-refractivity contribution in [2.24, 2.45) is 5.92 Å². The molecule has 1 aromatic rings. The van der Waals surface area contributed by atoms with Crippen LogP contribution in [0.4, 0.5) is 11.6 Å². The molecule has 1 saturated carbocycles. The van der Waals surface area contributed by atoms with Crippen LogP contribution in [0.15, 0.2) is 6.33 Å². The molecule has 0 spiro atoms. The highest BCUT2D eigenvalue weighted by Gasteiger charge is 2.27. The molecule has 4 nitrogen and oxygen atoms in total. The minimum absolute atomic E-state index is 0.610. The third kappa shape index (κ3) is 3.05. The zero-order chi connectivity index (χ0) is 14.5. The second-order valence-electron chi connectivity index (χ2n) is 5.96. The lowest BCUT2D eigenvalue weighted by atomic mass is 9.85. The Morgan fingerprint density at radius 3 is 2.70 bits per heavy atom. The van der Waals surface area contributed by atoms with Gasteiger partial charge in [-0.3, -0.25) is 0 Å². The zero-order valence-corrected chi connectivity index (χ0v) is 13.3. The first-order valence-corrected chi connectivity index (χ1v) is 7.93. The Hall–Kier alpha value is -1.32. The molecule has 2 atom stereocenters. The molecule has 1 aliphatic rings. The van der Waals surface area contributed by atoms with Gasteiger partial charge in [0, 0.05) is 25.7 Å². The van der Waals surface area contributed by atoms with Gasteiger partial charge in [-0.25, -0.2) is 9.97 Å². The summed E-state index contributed by atoms with van der Waals surface area (Å²) in [7, 11) is 4.14. The molecule has 0 bridgehead atoms. The van der Waals surface area contributed by atoms with Crippen LogP contribution in [0.25, 0.3) is 0 Å². The molecule has 1 N–H and O–H groups in total. The lowest BCUT2D eigenvalue weighted by Crippen LogP contribution is -2.40. The minimum atomic E-state index is 0.610. The molecular formula is C16H28N4. The Balaban J connectivity index is 2.30. The Morgan fingerprint density at radius 1 is 1.30 bits per heavy atom. The van der Waals surface area contributed by atoms with E-state index in [1.165, 1.54) is 31.2 Å². The number of hydrogen-bond donors (Lipinski definition) is 1. The average Bonchev–Trinajstić information content (AvgIpc) is 2.47. The molecule has 0 saturated heterocycles. The Kier molecular flexibility index (Phi) is 5.21. The second-order valence-corrected chi connectivity index (χ2v) is 5.96. The van der Waals surface area contributed by atoms with E-state index in [2.05, 4.69) is 41.1 Å². The van der Waals surface area contributed by atoms with Gasteiger partial charge in [0.15, 0.2) is 0 Å². The van der Waals surface area contributed by atoms with Gasteiger partial charge in [0.1, 0.15) is 18.0 Å². The van der Waals surface area contributed by atoms with Crippen LogP contribution in [0.2, 0.25) is 0 Å². The smallest absolute Gasteiger partial charge is 0.137 e.